The molecule has 116 valence electrons. The van der Waals surface area contributed by atoms with Gasteiger partial charge in [0.2, 0.25) is 0 Å². The zero-order valence-electron chi connectivity index (χ0n) is 12.4. The van der Waals surface area contributed by atoms with E-state index >= 15 is 0 Å². The van der Waals surface area contributed by atoms with Crippen molar-refractivity contribution in [2.24, 2.45) is 0 Å². The molecule has 0 spiro atoms. The molecule has 3 heterocycles. The lowest BCUT2D eigenvalue weighted by molar-refractivity contribution is 0.0319. The highest BCUT2D eigenvalue weighted by atomic mass is 32.2. The van der Waals surface area contributed by atoms with Gasteiger partial charge in [-0.2, -0.15) is 17.0 Å². The predicted molar refractivity (Wildman–Crippen MR) is 76.7 cm³/mol. The maximum absolute atomic E-state index is 12.9. The number of ether oxygens (including phenoxy) is 1. The minimum absolute atomic E-state index is 0.0596. The third-order valence-electron chi connectivity index (χ3n) is 4.78. The van der Waals surface area contributed by atoms with Gasteiger partial charge < -0.3 is 4.74 Å². The van der Waals surface area contributed by atoms with Gasteiger partial charge in [-0.05, 0) is 33.2 Å². The van der Waals surface area contributed by atoms with Gasteiger partial charge >= 0.3 is 0 Å². The van der Waals surface area contributed by atoms with E-state index in [1.165, 1.54) is 6.42 Å². The van der Waals surface area contributed by atoms with E-state index in [9.17, 15) is 8.42 Å². The van der Waals surface area contributed by atoms with Crippen LogP contribution < -0.4 is 0 Å². The second-order valence-electron chi connectivity index (χ2n) is 6.25. The summed E-state index contributed by atoms with van der Waals surface area (Å²) < 4.78 is 34.6. The average molecular weight is 303 g/mol. The van der Waals surface area contributed by atoms with Crippen molar-refractivity contribution in [1.29, 1.82) is 0 Å². The van der Waals surface area contributed by atoms with Crippen LogP contribution in [-0.4, -0.2) is 79.4 Å². The van der Waals surface area contributed by atoms with Crippen LogP contribution in [0.4, 0.5) is 0 Å². The lowest BCUT2D eigenvalue weighted by Gasteiger charge is -2.44. The minimum Gasteiger partial charge on any atom is -0.378 e. The highest BCUT2D eigenvalue weighted by Gasteiger charge is 2.43. The maximum Gasteiger partial charge on any atom is 0.282 e. The van der Waals surface area contributed by atoms with Gasteiger partial charge in [0.15, 0.2) is 0 Å². The Morgan fingerprint density at radius 1 is 1.05 bits per heavy atom. The van der Waals surface area contributed by atoms with Crippen LogP contribution in [-0.2, 0) is 14.9 Å². The summed E-state index contributed by atoms with van der Waals surface area (Å²) >= 11 is 0. The molecule has 0 saturated carbocycles. The van der Waals surface area contributed by atoms with Gasteiger partial charge in [-0.3, -0.25) is 4.90 Å². The zero-order chi connectivity index (χ0) is 14.3. The summed E-state index contributed by atoms with van der Waals surface area (Å²) in [4.78, 5) is 2.44. The molecule has 0 aromatic heterocycles. The number of rotatable bonds is 2. The number of fused-ring (bicyclic) bond motifs is 1. The molecule has 20 heavy (non-hydrogen) atoms. The SMILES string of the molecule is C[C@@H]1COCCN1S(=O)(=O)N1C[C@@H]2CCCN2C[C@H]1C. The van der Waals surface area contributed by atoms with Crippen molar-refractivity contribution in [2.75, 3.05) is 39.4 Å². The van der Waals surface area contributed by atoms with Crippen molar-refractivity contribution in [3.05, 3.63) is 0 Å². The minimum atomic E-state index is -3.36. The Morgan fingerprint density at radius 3 is 2.60 bits per heavy atom. The van der Waals surface area contributed by atoms with E-state index in [1.807, 2.05) is 13.8 Å². The second kappa shape index (κ2) is 5.53. The molecule has 0 radical (unpaired) electrons. The number of nitrogens with zero attached hydrogens (tertiary/aromatic N) is 3. The van der Waals surface area contributed by atoms with E-state index in [2.05, 4.69) is 4.90 Å². The van der Waals surface area contributed by atoms with Crippen molar-refractivity contribution in [2.45, 2.75) is 44.8 Å². The molecule has 7 heteroatoms. The first-order valence-corrected chi connectivity index (χ1v) is 9.00. The van der Waals surface area contributed by atoms with Crippen molar-refractivity contribution >= 4 is 10.2 Å². The molecular formula is C13H25N3O3S. The molecule has 0 unspecified atom stereocenters. The van der Waals surface area contributed by atoms with Crippen molar-refractivity contribution in [3.63, 3.8) is 0 Å². The van der Waals surface area contributed by atoms with Gasteiger partial charge in [0, 0.05) is 37.8 Å². The Kier molecular flexibility index (Phi) is 4.07. The Morgan fingerprint density at radius 2 is 1.85 bits per heavy atom. The van der Waals surface area contributed by atoms with Crippen LogP contribution in [0.1, 0.15) is 26.7 Å². The molecule has 3 aliphatic heterocycles. The summed E-state index contributed by atoms with van der Waals surface area (Å²) in [7, 11) is -3.36. The van der Waals surface area contributed by atoms with Crippen molar-refractivity contribution < 1.29 is 13.2 Å². The predicted octanol–water partition coefficient (Wildman–Crippen LogP) is 0.120. The van der Waals surface area contributed by atoms with Crippen LogP contribution in [0.15, 0.2) is 0 Å². The van der Waals surface area contributed by atoms with E-state index in [1.54, 1.807) is 8.61 Å². The standard InChI is InChI=1S/C13H25N3O3S/c1-11-8-14-5-3-4-13(14)9-16(11)20(17,18)15-6-7-19-10-12(15)2/h11-13H,3-10H2,1-2H3/t11-,12-,13+/m1/s1. The van der Waals surface area contributed by atoms with E-state index in [-0.39, 0.29) is 12.1 Å². The fraction of sp³-hybridized carbons (Fsp3) is 1.00. The fourth-order valence-corrected chi connectivity index (χ4v) is 5.64. The Hall–Kier alpha value is -0.210. The van der Waals surface area contributed by atoms with Crippen LogP contribution in [0.2, 0.25) is 0 Å². The van der Waals surface area contributed by atoms with Crippen LogP contribution in [0, 0.1) is 0 Å². The molecule has 3 rings (SSSR count). The van der Waals surface area contributed by atoms with Gasteiger partial charge in [-0.1, -0.05) is 0 Å². The summed E-state index contributed by atoms with van der Waals surface area (Å²) in [6.07, 6.45) is 2.32. The number of piperazine rings is 1. The Balaban J connectivity index is 1.79. The van der Waals surface area contributed by atoms with Gasteiger partial charge in [0.05, 0.1) is 13.2 Å². The normalized spacial score (nSPS) is 38.0. The largest absolute Gasteiger partial charge is 0.378 e. The molecular weight excluding hydrogens is 278 g/mol. The average Bonchev–Trinajstić information content (AvgIpc) is 2.85. The Bertz CT molecular complexity index is 456. The third-order valence-corrected chi connectivity index (χ3v) is 7.02. The lowest BCUT2D eigenvalue weighted by atomic mass is 10.1. The highest BCUT2D eigenvalue weighted by Crippen LogP contribution is 2.28. The summed E-state index contributed by atoms with van der Waals surface area (Å²) in [5.41, 5.74) is 0. The number of morpholine rings is 1. The molecule has 0 aromatic rings. The Labute approximate surface area is 121 Å². The highest BCUT2D eigenvalue weighted by molar-refractivity contribution is 7.86. The molecule has 6 nitrogen and oxygen atoms in total. The maximum atomic E-state index is 12.9. The van der Waals surface area contributed by atoms with E-state index in [4.69, 9.17) is 4.74 Å². The first-order valence-electron chi connectivity index (χ1n) is 7.60. The van der Waals surface area contributed by atoms with Gasteiger partial charge in [0.25, 0.3) is 10.2 Å². The molecule has 3 saturated heterocycles. The van der Waals surface area contributed by atoms with Crippen molar-refractivity contribution in [1.82, 2.24) is 13.5 Å². The molecule has 0 amide bonds. The van der Waals surface area contributed by atoms with Gasteiger partial charge in [0.1, 0.15) is 0 Å². The summed E-state index contributed by atoms with van der Waals surface area (Å²) in [6.45, 7) is 8.05. The van der Waals surface area contributed by atoms with Gasteiger partial charge in [-0.25, -0.2) is 0 Å². The smallest absolute Gasteiger partial charge is 0.282 e. The molecule has 3 atom stereocenters. The summed E-state index contributed by atoms with van der Waals surface area (Å²) in [5.74, 6) is 0. The van der Waals surface area contributed by atoms with Crippen LogP contribution in [0.5, 0.6) is 0 Å². The van der Waals surface area contributed by atoms with Crippen LogP contribution in [0.3, 0.4) is 0 Å². The summed E-state index contributed by atoms with van der Waals surface area (Å²) in [5, 5.41) is 0. The van der Waals surface area contributed by atoms with Gasteiger partial charge in [-0.15, -0.1) is 0 Å². The molecule has 0 N–H and O–H groups in total. The van der Waals surface area contributed by atoms with Crippen molar-refractivity contribution in [3.8, 4) is 0 Å². The number of hydrogen-bond acceptors (Lipinski definition) is 4. The van der Waals surface area contributed by atoms with Crippen LogP contribution >= 0.6 is 0 Å². The molecule has 3 fully saturated rings. The van der Waals surface area contributed by atoms with Crippen LogP contribution in [0.25, 0.3) is 0 Å². The third kappa shape index (κ3) is 2.50. The molecule has 0 aromatic carbocycles. The van der Waals surface area contributed by atoms with E-state index < -0.39 is 10.2 Å². The first-order chi connectivity index (χ1) is 9.50. The van der Waals surface area contributed by atoms with E-state index in [0.29, 0.717) is 32.3 Å². The zero-order valence-corrected chi connectivity index (χ0v) is 13.2. The first kappa shape index (κ1) is 14.7. The molecule has 3 aliphatic rings. The summed E-state index contributed by atoms with van der Waals surface area (Å²) in [6, 6.07) is 0.407. The fourth-order valence-electron chi connectivity index (χ4n) is 3.67. The van der Waals surface area contributed by atoms with E-state index in [0.717, 1.165) is 19.5 Å². The molecule has 0 aliphatic carbocycles. The molecule has 0 bridgehead atoms. The quantitative estimate of drug-likeness (QED) is 0.727. The monoisotopic (exact) mass is 303 g/mol. The number of hydrogen-bond donors (Lipinski definition) is 0. The lowest BCUT2D eigenvalue weighted by Crippen LogP contribution is -2.61. The second-order valence-corrected chi connectivity index (χ2v) is 8.09. The topological polar surface area (TPSA) is 53.1 Å².